The smallest absolute Gasteiger partial charge is 0.239 e. The van der Waals surface area contributed by atoms with E-state index in [0.29, 0.717) is 5.82 Å². The third-order valence-electron chi connectivity index (χ3n) is 5.18. The molecule has 21 heavy (non-hydrogen) atoms. The zero-order chi connectivity index (χ0) is 14.9. The van der Waals surface area contributed by atoms with E-state index in [-0.39, 0.29) is 45.1 Å². The summed E-state index contributed by atoms with van der Waals surface area (Å²) in [6.07, 6.45) is 2.58. The minimum absolute atomic E-state index is 0.0665. The Balaban J connectivity index is 1.77. The van der Waals surface area contributed by atoms with E-state index >= 15 is 0 Å². The highest BCUT2D eigenvalue weighted by molar-refractivity contribution is 9.12. The molecule has 1 aliphatic heterocycles. The predicted molar refractivity (Wildman–Crippen MR) is 85.5 cm³/mol. The number of aryl methyl sites for hydroxylation is 1. The number of nitrogens with zero attached hydrogens (tertiary/aromatic N) is 2. The number of amides is 2. The molecule has 0 N–H and O–H groups in total. The molecule has 4 rings (SSSR count). The molecule has 2 heterocycles. The molecule has 0 radical (unpaired) electrons. The van der Waals surface area contributed by atoms with Crippen LogP contribution in [0.15, 0.2) is 18.3 Å². The first-order chi connectivity index (χ1) is 10.0. The molecule has 2 amide bonds. The van der Waals surface area contributed by atoms with Crippen molar-refractivity contribution in [2.45, 2.75) is 23.0 Å². The van der Waals surface area contributed by atoms with Crippen LogP contribution in [0.5, 0.6) is 0 Å². The van der Waals surface area contributed by atoms with E-state index in [9.17, 15) is 9.59 Å². The van der Waals surface area contributed by atoms with Crippen LogP contribution in [0.3, 0.4) is 0 Å². The van der Waals surface area contributed by atoms with Gasteiger partial charge in [0.2, 0.25) is 11.8 Å². The van der Waals surface area contributed by atoms with Crippen molar-refractivity contribution in [1.29, 1.82) is 0 Å². The summed E-state index contributed by atoms with van der Waals surface area (Å²) in [4.78, 5) is 31.8. The van der Waals surface area contributed by atoms with E-state index in [0.717, 1.165) is 12.0 Å². The van der Waals surface area contributed by atoms with Crippen molar-refractivity contribution in [2.75, 3.05) is 4.90 Å². The van der Waals surface area contributed by atoms with Crippen molar-refractivity contribution >= 4 is 49.5 Å². The molecule has 1 aromatic heterocycles. The van der Waals surface area contributed by atoms with Crippen LogP contribution >= 0.6 is 31.9 Å². The maximum Gasteiger partial charge on any atom is 0.239 e. The molecule has 0 spiro atoms. The number of halogens is 2. The lowest BCUT2D eigenvalue weighted by molar-refractivity contribution is -0.123. The van der Waals surface area contributed by atoms with E-state index < -0.39 is 0 Å². The number of imide groups is 1. The number of rotatable bonds is 1. The van der Waals surface area contributed by atoms with Gasteiger partial charge in [0.15, 0.2) is 0 Å². The second-order valence-corrected chi connectivity index (χ2v) is 8.27. The highest BCUT2D eigenvalue weighted by atomic mass is 79.9. The van der Waals surface area contributed by atoms with Crippen molar-refractivity contribution < 1.29 is 9.59 Å². The topological polar surface area (TPSA) is 50.3 Å². The first kappa shape index (κ1) is 13.9. The molecule has 2 saturated carbocycles. The number of alkyl halides is 2. The predicted octanol–water partition coefficient (Wildman–Crippen LogP) is 2.67. The van der Waals surface area contributed by atoms with Crippen molar-refractivity contribution in [3.05, 3.63) is 23.9 Å². The quantitative estimate of drug-likeness (QED) is 0.525. The third-order valence-corrected chi connectivity index (χ3v) is 8.39. The molecule has 2 bridgehead atoms. The van der Waals surface area contributed by atoms with Gasteiger partial charge in [0.25, 0.3) is 0 Å². The lowest BCUT2D eigenvalue weighted by atomic mass is 9.81. The minimum atomic E-state index is -0.179. The van der Waals surface area contributed by atoms with Gasteiger partial charge < -0.3 is 0 Å². The summed E-state index contributed by atoms with van der Waals surface area (Å²) in [5, 5.41) is 0. The second-order valence-electron chi connectivity index (χ2n) is 6.16. The number of pyridine rings is 1. The first-order valence-corrected chi connectivity index (χ1v) is 8.93. The van der Waals surface area contributed by atoms with Crippen LogP contribution in [-0.2, 0) is 9.59 Å². The van der Waals surface area contributed by atoms with Crippen LogP contribution in [0.25, 0.3) is 0 Å². The number of anilines is 1. The van der Waals surface area contributed by atoms with Crippen molar-refractivity contribution in [2.24, 2.45) is 23.7 Å². The molecule has 3 fully saturated rings. The standard InChI is InChI=1S/C15H14Br2N2O2/c1-6-3-2-4-18-13(6)19-14(20)9-7-5-8(10(9)15(19)21)12(17)11(7)16/h2-4,7-12H,5H2,1H3/t7-,8+,9-,10-,11-,12+/m0/s1. The fourth-order valence-electron chi connectivity index (χ4n) is 4.27. The minimum Gasteiger partial charge on any atom is -0.274 e. The second kappa shape index (κ2) is 4.62. The lowest BCUT2D eigenvalue weighted by Crippen LogP contribution is -2.37. The first-order valence-electron chi connectivity index (χ1n) is 7.10. The Kier molecular flexibility index (Phi) is 3.05. The molecule has 0 unspecified atom stereocenters. The van der Waals surface area contributed by atoms with E-state index in [1.165, 1.54) is 4.90 Å². The number of carbonyl (C=O) groups excluding carboxylic acids is 2. The largest absolute Gasteiger partial charge is 0.274 e. The molecule has 2 aliphatic carbocycles. The number of fused-ring (bicyclic) bond motifs is 5. The SMILES string of the molecule is Cc1cccnc1N1C(=O)[C@H]2[C@@H]3C[C@@H]([C@@H](Br)[C@H]3Br)[C@@H]2C1=O. The summed E-state index contributed by atoms with van der Waals surface area (Å²) < 4.78 is 0. The molecule has 1 saturated heterocycles. The van der Waals surface area contributed by atoms with E-state index in [1.807, 2.05) is 19.1 Å². The van der Waals surface area contributed by atoms with Gasteiger partial charge in [-0.1, -0.05) is 37.9 Å². The van der Waals surface area contributed by atoms with Gasteiger partial charge in [-0.2, -0.15) is 0 Å². The van der Waals surface area contributed by atoms with Crippen LogP contribution in [0.4, 0.5) is 5.82 Å². The Hall–Kier alpha value is -0.750. The van der Waals surface area contributed by atoms with Crippen molar-refractivity contribution in [1.82, 2.24) is 4.98 Å². The van der Waals surface area contributed by atoms with Crippen molar-refractivity contribution in [3.8, 4) is 0 Å². The van der Waals surface area contributed by atoms with Gasteiger partial charge in [-0.05, 0) is 36.8 Å². The molecule has 1 aromatic rings. The highest BCUT2D eigenvalue weighted by Gasteiger charge is 2.66. The van der Waals surface area contributed by atoms with Gasteiger partial charge in [-0.3, -0.25) is 9.59 Å². The van der Waals surface area contributed by atoms with Crippen LogP contribution in [0, 0.1) is 30.6 Å². The van der Waals surface area contributed by atoms with E-state index in [1.54, 1.807) is 6.20 Å². The molecular weight excluding hydrogens is 400 g/mol. The van der Waals surface area contributed by atoms with Gasteiger partial charge in [0.05, 0.1) is 11.8 Å². The Morgan fingerprint density at radius 2 is 1.71 bits per heavy atom. The summed E-state index contributed by atoms with van der Waals surface area (Å²) in [6, 6.07) is 3.70. The Bertz CT molecular complexity index is 618. The zero-order valence-corrected chi connectivity index (χ0v) is 14.5. The number of hydrogen-bond donors (Lipinski definition) is 0. The average molecular weight is 414 g/mol. The molecule has 3 aliphatic rings. The average Bonchev–Trinajstić information content (AvgIpc) is 3.06. The fraction of sp³-hybridized carbons (Fsp3) is 0.533. The molecule has 4 nitrogen and oxygen atoms in total. The highest BCUT2D eigenvalue weighted by Crippen LogP contribution is 2.60. The van der Waals surface area contributed by atoms with Gasteiger partial charge in [0, 0.05) is 15.9 Å². The summed E-state index contributed by atoms with van der Waals surface area (Å²) >= 11 is 7.38. The van der Waals surface area contributed by atoms with Crippen LogP contribution in [0.1, 0.15) is 12.0 Å². The monoisotopic (exact) mass is 412 g/mol. The summed E-state index contributed by atoms with van der Waals surface area (Å²) in [5.74, 6) is 0.499. The molecular formula is C15H14Br2N2O2. The maximum atomic E-state index is 12.8. The summed E-state index contributed by atoms with van der Waals surface area (Å²) in [5.41, 5.74) is 0.859. The number of aromatic nitrogens is 1. The molecule has 0 aromatic carbocycles. The normalized spacial score (nSPS) is 41.0. The van der Waals surface area contributed by atoms with Crippen molar-refractivity contribution in [3.63, 3.8) is 0 Å². The van der Waals surface area contributed by atoms with Gasteiger partial charge in [-0.25, -0.2) is 9.88 Å². The number of hydrogen-bond acceptors (Lipinski definition) is 3. The lowest BCUT2D eigenvalue weighted by Gasteiger charge is -2.28. The van der Waals surface area contributed by atoms with Gasteiger partial charge >= 0.3 is 0 Å². The van der Waals surface area contributed by atoms with Crippen LogP contribution in [0.2, 0.25) is 0 Å². The number of carbonyl (C=O) groups is 2. The zero-order valence-electron chi connectivity index (χ0n) is 11.4. The van der Waals surface area contributed by atoms with Crippen LogP contribution in [-0.4, -0.2) is 26.5 Å². The Morgan fingerprint density at radius 3 is 2.24 bits per heavy atom. The fourth-order valence-corrected chi connectivity index (χ4v) is 6.14. The van der Waals surface area contributed by atoms with Gasteiger partial charge in [-0.15, -0.1) is 0 Å². The van der Waals surface area contributed by atoms with E-state index in [4.69, 9.17) is 0 Å². The van der Waals surface area contributed by atoms with Gasteiger partial charge in [0.1, 0.15) is 5.82 Å². The van der Waals surface area contributed by atoms with E-state index in [2.05, 4.69) is 36.8 Å². The Morgan fingerprint density at radius 1 is 1.14 bits per heavy atom. The third kappa shape index (κ3) is 1.69. The Labute approximate surface area is 139 Å². The molecule has 6 heteroatoms. The summed E-state index contributed by atoms with van der Waals surface area (Å²) in [6.45, 7) is 1.88. The van der Waals surface area contributed by atoms with Crippen LogP contribution < -0.4 is 4.90 Å². The molecule has 110 valence electrons. The summed E-state index contributed by atoms with van der Waals surface area (Å²) in [7, 11) is 0. The maximum absolute atomic E-state index is 12.8. The molecule has 6 atom stereocenters.